The number of methoxy groups -OCH3 is 1. The van der Waals surface area contributed by atoms with Gasteiger partial charge in [-0.05, 0) is 12.1 Å². The molecule has 0 aliphatic carbocycles. The molecule has 5 nitrogen and oxygen atoms in total. The van der Waals surface area contributed by atoms with Gasteiger partial charge in [0.05, 0.1) is 22.8 Å². The fourth-order valence-electron chi connectivity index (χ4n) is 1.44. The highest BCUT2D eigenvalue weighted by molar-refractivity contribution is 7.91. The molecular weight excluding hydrogens is 254 g/mol. The van der Waals surface area contributed by atoms with Crippen LogP contribution in [0, 0.1) is 0 Å². The van der Waals surface area contributed by atoms with E-state index in [0.29, 0.717) is 13.2 Å². The molecule has 0 radical (unpaired) electrons. The van der Waals surface area contributed by atoms with Gasteiger partial charge in [0.25, 0.3) is 5.91 Å². The van der Waals surface area contributed by atoms with Crippen molar-refractivity contribution in [1.29, 1.82) is 0 Å². The zero-order valence-electron chi connectivity index (χ0n) is 10.5. The highest BCUT2D eigenvalue weighted by atomic mass is 32.2. The minimum Gasteiger partial charge on any atom is -0.383 e. The SMILES string of the molecule is CCS(=O)(=O)c1ccccc1C(=O)NCCOC. The van der Waals surface area contributed by atoms with Crippen LogP contribution < -0.4 is 5.32 Å². The first-order valence-corrected chi connectivity index (χ1v) is 7.27. The Labute approximate surface area is 107 Å². The molecule has 0 aromatic heterocycles. The van der Waals surface area contributed by atoms with E-state index < -0.39 is 15.7 Å². The lowest BCUT2D eigenvalue weighted by atomic mass is 10.2. The van der Waals surface area contributed by atoms with Crippen molar-refractivity contribution in [2.75, 3.05) is 26.0 Å². The topological polar surface area (TPSA) is 72.5 Å². The van der Waals surface area contributed by atoms with Crippen LogP contribution in [0.2, 0.25) is 0 Å². The van der Waals surface area contributed by atoms with Gasteiger partial charge in [-0.3, -0.25) is 4.79 Å². The highest BCUT2D eigenvalue weighted by Crippen LogP contribution is 2.16. The van der Waals surface area contributed by atoms with E-state index >= 15 is 0 Å². The van der Waals surface area contributed by atoms with E-state index in [2.05, 4.69) is 5.32 Å². The zero-order chi connectivity index (χ0) is 13.6. The minimum atomic E-state index is -3.40. The Hall–Kier alpha value is -1.40. The number of hydrogen-bond donors (Lipinski definition) is 1. The number of rotatable bonds is 6. The number of benzene rings is 1. The first-order valence-electron chi connectivity index (χ1n) is 5.62. The molecule has 0 bridgehead atoms. The largest absolute Gasteiger partial charge is 0.383 e. The van der Waals surface area contributed by atoms with Gasteiger partial charge < -0.3 is 10.1 Å². The number of carbonyl (C=O) groups is 1. The molecule has 1 N–H and O–H groups in total. The average molecular weight is 271 g/mol. The Morgan fingerprint density at radius 3 is 2.61 bits per heavy atom. The minimum absolute atomic E-state index is 0.0324. The lowest BCUT2D eigenvalue weighted by Gasteiger charge is -2.09. The van der Waals surface area contributed by atoms with Crippen molar-refractivity contribution in [3.05, 3.63) is 29.8 Å². The highest BCUT2D eigenvalue weighted by Gasteiger charge is 2.19. The van der Waals surface area contributed by atoms with Gasteiger partial charge in [0.1, 0.15) is 0 Å². The number of ether oxygens (including phenoxy) is 1. The third-order valence-electron chi connectivity index (χ3n) is 2.44. The summed E-state index contributed by atoms with van der Waals surface area (Å²) < 4.78 is 28.5. The molecule has 18 heavy (non-hydrogen) atoms. The molecule has 0 aliphatic heterocycles. The van der Waals surface area contributed by atoms with Crippen LogP contribution in [-0.2, 0) is 14.6 Å². The first kappa shape index (κ1) is 14.7. The summed E-state index contributed by atoms with van der Waals surface area (Å²) in [5.74, 6) is -0.435. The fraction of sp³-hybridized carbons (Fsp3) is 0.417. The van der Waals surface area contributed by atoms with E-state index in [9.17, 15) is 13.2 Å². The van der Waals surface area contributed by atoms with Crippen LogP contribution in [0.3, 0.4) is 0 Å². The van der Waals surface area contributed by atoms with E-state index in [4.69, 9.17) is 4.74 Å². The lowest BCUT2D eigenvalue weighted by Crippen LogP contribution is -2.28. The van der Waals surface area contributed by atoms with Gasteiger partial charge in [0, 0.05) is 13.7 Å². The van der Waals surface area contributed by atoms with Gasteiger partial charge in [-0.25, -0.2) is 8.42 Å². The summed E-state index contributed by atoms with van der Waals surface area (Å²) in [5, 5.41) is 2.61. The van der Waals surface area contributed by atoms with Crippen LogP contribution in [0.4, 0.5) is 0 Å². The molecule has 0 aliphatic rings. The number of carbonyl (C=O) groups excluding carboxylic acids is 1. The van der Waals surface area contributed by atoms with Gasteiger partial charge in [-0.2, -0.15) is 0 Å². The van der Waals surface area contributed by atoms with Gasteiger partial charge in [0.2, 0.25) is 0 Å². The summed E-state index contributed by atoms with van der Waals surface area (Å²) in [6.45, 7) is 2.28. The molecule has 0 saturated heterocycles. The summed E-state index contributed by atoms with van der Waals surface area (Å²) in [4.78, 5) is 11.9. The van der Waals surface area contributed by atoms with Gasteiger partial charge in [-0.1, -0.05) is 19.1 Å². The van der Waals surface area contributed by atoms with Crippen molar-refractivity contribution in [2.24, 2.45) is 0 Å². The van der Waals surface area contributed by atoms with Crippen molar-refractivity contribution in [1.82, 2.24) is 5.32 Å². The summed E-state index contributed by atoms with van der Waals surface area (Å²) in [6.07, 6.45) is 0. The Morgan fingerprint density at radius 1 is 1.33 bits per heavy atom. The molecule has 0 atom stereocenters. The van der Waals surface area contributed by atoms with E-state index in [0.717, 1.165) is 0 Å². The number of nitrogens with one attached hydrogen (secondary N) is 1. The molecule has 1 rings (SSSR count). The zero-order valence-corrected chi connectivity index (χ0v) is 11.3. The van der Waals surface area contributed by atoms with Gasteiger partial charge >= 0.3 is 0 Å². The van der Waals surface area contributed by atoms with Gasteiger partial charge in [0.15, 0.2) is 9.84 Å². The summed E-state index contributed by atoms with van der Waals surface area (Å²) in [6, 6.07) is 6.20. The van der Waals surface area contributed by atoms with Crippen LogP contribution in [-0.4, -0.2) is 40.3 Å². The van der Waals surface area contributed by atoms with Crippen LogP contribution in [0.15, 0.2) is 29.2 Å². The molecule has 1 amide bonds. The van der Waals surface area contributed by atoms with Crippen molar-refractivity contribution in [3.63, 3.8) is 0 Å². The van der Waals surface area contributed by atoms with Crippen LogP contribution >= 0.6 is 0 Å². The third kappa shape index (κ3) is 3.54. The van der Waals surface area contributed by atoms with E-state index in [-0.39, 0.29) is 16.2 Å². The van der Waals surface area contributed by atoms with Crippen molar-refractivity contribution in [3.8, 4) is 0 Å². The molecule has 1 aromatic carbocycles. The van der Waals surface area contributed by atoms with Crippen molar-refractivity contribution in [2.45, 2.75) is 11.8 Å². The van der Waals surface area contributed by atoms with Crippen molar-refractivity contribution < 1.29 is 17.9 Å². The van der Waals surface area contributed by atoms with Crippen molar-refractivity contribution >= 4 is 15.7 Å². The first-order chi connectivity index (χ1) is 8.53. The Kier molecular flexibility index (Phi) is 5.30. The second kappa shape index (κ2) is 6.51. The van der Waals surface area contributed by atoms with Crippen LogP contribution in [0.25, 0.3) is 0 Å². The summed E-state index contributed by atoms with van der Waals surface area (Å²) in [7, 11) is -1.87. The molecule has 0 fully saturated rings. The molecule has 1 aromatic rings. The molecule has 0 unspecified atom stereocenters. The molecular formula is C12H17NO4S. The normalized spacial score (nSPS) is 11.2. The molecule has 100 valence electrons. The Morgan fingerprint density at radius 2 is 2.00 bits per heavy atom. The molecule has 0 saturated carbocycles. The predicted octanol–water partition coefficient (Wildman–Crippen LogP) is 0.856. The second-order valence-electron chi connectivity index (χ2n) is 3.65. The van der Waals surface area contributed by atoms with Crippen LogP contribution in [0.1, 0.15) is 17.3 Å². The summed E-state index contributed by atoms with van der Waals surface area (Å²) in [5.41, 5.74) is 0.176. The van der Waals surface area contributed by atoms with Gasteiger partial charge in [-0.15, -0.1) is 0 Å². The fourth-order valence-corrected chi connectivity index (χ4v) is 2.54. The van der Waals surface area contributed by atoms with E-state index in [1.165, 1.54) is 19.2 Å². The third-order valence-corrected chi connectivity index (χ3v) is 4.22. The summed E-state index contributed by atoms with van der Waals surface area (Å²) >= 11 is 0. The quantitative estimate of drug-likeness (QED) is 0.779. The average Bonchev–Trinajstić information content (AvgIpc) is 2.39. The van der Waals surface area contributed by atoms with E-state index in [1.54, 1.807) is 19.1 Å². The second-order valence-corrected chi connectivity index (χ2v) is 5.89. The molecule has 6 heteroatoms. The maximum absolute atomic E-state index is 11.9. The molecule has 0 spiro atoms. The maximum atomic E-state index is 11.9. The number of hydrogen-bond acceptors (Lipinski definition) is 4. The van der Waals surface area contributed by atoms with Crippen LogP contribution in [0.5, 0.6) is 0 Å². The Balaban J connectivity index is 2.99. The maximum Gasteiger partial charge on any atom is 0.252 e. The van der Waals surface area contributed by atoms with E-state index in [1.807, 2.05) is 0 Å². The Bertz CT molecular complexity index is 511. The smallest absolute Gasteiger partial charge is 0.252 e. The number of amides is 1. The monoisotopic (exact) mass is 271 g/mol. The molecule has 0 heterocycles. The number of sulfone groups is 1. The predicted molar refractivity (Wildman–Crippen MR) is 68.4 cm³/mol. The standard InChI is InChI=1S/C12H17NO4S/c1-3-18(15,16)11-7-5-4-6-10(11)12(14)13-8-9-17-2/h4-7H,3,8-9H2,1-2H3,(H,13,14). The lowest BCUT2D eigenvalue weighted by molar-refractivity contribution is 0.0934.